The van der Waals surface area contributed by atoms with Gasteiger partial charge in [0, 0.05) is 18.9 Å². The highest BCUT2D eigenvalue weighted by Crippen LogP contribution is 2.28. The van der Waals surface area contributed by atoms with Crippen LogP contribution in [-0.4, -0.2) is 25.8 Å². The van der Waals surface area contributed by atoms with Gasteiger partial charge in [0.05, 0.1) is 11.2 Å². The van der Waals surface area contributed by atoms with Crippen LogP contribution in [0.15, 0.2) is 53.7 Å². The van der Waals surface area contributed by atoms with Crippen LogP contribution < -0.4 is 16.2 Å². The third-order valence-corrected chi connectivity index (χ3v) is 3.23. The van der Waals surface area contributed by atoms with Crippen LogP contribution in [-0.2, 0) is 6.54 Å². The van der Waals surface area contributed by atoms with Crippen molar-refractivity contribution in [2.75, 3.05) is 10.7 Å². The summed E-state index contributed by atoms with van der Waals surface area (Å²) in [6.45, 7) is 0.282. The standard InChI is InChI=1S/C15H13N7O4/c23-15(11-4-2-6-26-11)21-20-14-12(22(24)25)13(18-9-19-14)17-8-10-3-1-5-16-7-10/h1-7,9H,8H2,(H,21,23)(H2,17,18,19,20). The Labute approximate surface area is 146 Å². The number of anilines is 2. The molecular weight excluding hydrogens is 342 g/mol. The zero-order valence-electron chi connectivity index (χ0n) is 13.2. The molecule has 11 heteroatoms. The maximum atomic E-state index is 11.9. The van der Waals surface area contributed by atoms with Crippen molar-refractivity contribution in [2.24, 2.45) is 0 Å². The Bertz CT molecular complexity index is 900. The first-order valence-corrected chi connectivity index (χ1v) is 7.37. The SMILES string of the molecule is O=C(NNc1ncnc(NCc2cccnc2)c1[N+](=O)[O-])c1ccco1. The largest absolute Gasteiger partial charge is 0.459 e. The lowest BCUT2D eigenvalue weighted by Gasteiger charge is -2.10. The number of hydrogen-bond donors (Lipinski definition) is 3. The fourth-order valence-electron chi connectivity index (χ4n) is 2.05. The first-order valence-electron chi connectivity index (χ1n) is 7.37. The molecule has 0 unspecified atom stereocenters. The molecule has 0 saturated heterocycles. The maximum absolute atomic E-state index is 11.9. The minimum Gasteiger partial charge on any atom is -0.459 e. The number of furan rings is 1. The van der Waals surface area contributed by atoms with Gasteiger partial charge in [-0.2, -0.15) is 0 Å². The lowest BCUT2D eigenvalue weighted by molar-refractivity contribution is -0.383. The van der Waals surface area contributed by atoms with Gasteiger partial charge in [-0.1, -0.05) is 6.07 Å². The Morgan fingerprint density at radius 3 is 2.77 bits per heavy atom. The van der Waals surface area contributed by atoms with E-state index in [9.17, 15) is 14.9 Å². The van der Waals surface area contributed by atoms with Crippen LogP contribution in [0.2, 0.25) is 0 Å². The second kappa shape index (κ2) is 7.70. The normalized spacial score (nSPS) is 10.2. The van der Waals surface area contributed by atoms with Crippen molar-refractivity contribution >= 4 is 23.2 Å². The minimum absolute atomic E-state index is 0.00333. The van der Waals surface area contributed by atoms with Crippen LogP contribution in [0.25, 0.3) is 0 Å². The highest BCUT2D eigenvalue weighted by Gasteiger charge is 2.23. The van der Waals surface area contributed by atoms with E-state index in [0.717, 1.165) is 11.9 Å². The van der Waals surface area contributed by atoms with E-state index in [1.54, 1.807) is 24.5 Å². The molecule has 0 radical (unpaired) electrons. The second-order valence-electron chi connectivity index (χ2n) is 4.95. The Morgan fingerprint density at radius 1 is 1.23 bits per heavy atom. The van der Waals surface area contributed by atoms with Crippen LogP contribution in [0, 0.1) is 10.1 Å². The molecule has 0 fully saturated rings. The van der Waals surface area contributed by atoms with Crippen molar-refractivity contribution in [3.05, 3.63) is 70.7 Å². The summed E-state index contributed by atoms with van der Waals surface area (Å²) in [6, 6.07) is 6.56. The third kappa shape index (κ3) is 3.90. The minimum atomic E-state index is -0.646. The summed E-state index contributed by atoms with van der Waals surface area (Å²) in [4.78, 5) is 34.3. The molecule has 0 saturated carbocycles. The Balaban J connectivity index is 1.75. The molecule has 0 aromatic carbocycles. The molecule has 0 aliphatic heterocycles. The van der Waals surface area contributed by atoms with Crippen molar-refractivity contribution in [1.29, 1.82) is 0 Å². The van der Waals surface area contributed by atoms with Gasteiger partial charge in [0.1, 0.15) is 6.33 Å². The smallest absolute Gasteiger partial charge is 0.354 e. The Hall–Kier alpha value is -4.02. The summed E-state index contributed by atoms with van der Waals surface area (Å²) in [7, 11) is 0. The number of rotatable bonds is 7. The molecule has 0 aliphatic carbocycles. The number of aromatic nitrogens is 3. The predicted molar refractivity (Wildman–Crippen MR) is 90.0 cm³/mol. The highest BCUT2D eigenvalue weighted by molar-refractivity contribution is 5.92. The van der Waals surface area contributed by atoms with Gasteiger partial charge in [0.2, 0.25) is 11.6 Å². The summed E-state index contributed by atoms with van der Waals surface area (Å²) < 4.78 is 4.94. The van der Waals surface area contributed by atoms with E-state index in [4.69, 9.17) is 4.42 Å². The van der Waals surface area contributed by atoms with Crippen LogP contribution in [0.3, 0.4) is 0 Å². The summed E-state index contributed by atoms with van der Waals surface area (Å²) in [5.74, 6) is -0.723. The molecule has 3 N–H and O–H groups in total. The first-order chi connectivity index (χ1) is 12.6. The fraction of sp³-hybridized carbons (Fsp3) is 0.0667. The van der Waals surface area contributed by atoms with Gasteiger partial charge in [-0.05, 0) is 23.8 Å². The number of pyridine rings is 1. The topological polar surface area (TPSA) is 148 Å². The second-order valence-corrected chi connectivity index (χ2v) is 4.95. The summed E-state index contributed by atoms with van der Waals surface area (Å²) >= 11 is 0. The van der Waals surface area contributed by atoms with Gasteiger partial charge >= 0.3 is 11.6 Å². The number of carbonyl (C=O) groups excluding carboxylic acids is 1. The molecule has 132 valence electrons. The van der Waals surface area contributed by atoms with Gasteiger partial charge in [0.15, 0.2) is 5.76 Å². The summed E-state index contributed by atoms with van der Waals surface area (Å²) in [5, 5.41) is 14.3. The van der Waals surface area contributed by atoms with Gasteiger partial charge < -0.3 is 9.73 Å². The Morgan fingerprint density at radius 2 is 2.08 bits per heavy atom. The number of hydrogen-bond acceptors (Lipinski definition) is 9. The monoisotopic (exact) mass is 355 g/mol. The molecule has 3 rings (SSSR count). The zero-order chi connectivity index (χ0) is 18.4. The lowest BCUT2D eigenvalue weighted by Crippen LogP contribution is -2.30. The van der Waals surface area contributed by atoms with E-state index in [1.807, 2.05) is 6.07 Å². The number of carbonyl (C=O) groups is 1. The quantitative estimate of drug-likeness (QED) is 0.425. The number of amides is 1. The third-order valence-electron chi connectivity index (χ3n) is 3.23. The zero-order valence-corrected chi connectivity index (χ0v) is 13.2. The van der Waals surface area contributed by atoms with E-state index in [-0.39, 0.29) is 23.9 Å². The average Bonchev–Trinajstić information content (AvgIpc) is 3.20. The van der Waals surface area contributed by atoms with Crippen molar-refractivity contribution in [3.8, 4) is 0 Å². The molecular formula is C15H13N7O4. The van der Waals surface area contributed by atoms with Crippen LogP contribution >= 0.6 is 0 Å². The summed E-state index contributed by atoms with van der Waals surface area (Å²) in [5.41, 5.74) is 5.11. The molecule has 0 aliphatic rings. The fourth-order valence-corrected chi connectivity index (χ4v) is 2.05. The van der Waals surface area contributed by atoms with Crippen LogP contribution in [0.4, 0.5) is 17.3 Å². The molecule has 3 aromatic rings. The molecule has 1 amide bonds. The van der Waals surface area contributed by atoms with Gasteiger partial charge in [-0.15, -0.1) is 0 Å². The van der Waals surface area contributed by atoms with Crippen molar-refractivity contribution in [3.63, 3.8) is 0 Å². The van der Waals surface area contributed by atoms with Crippen LogP contribution in [0.1, 0.15) is 16.1 Å². The van der Waals surface area contributed by atoms with Crippen LogP contribution in [0.5, 0.6) is 0 Å². The number of nitrogens with one attached hydrogen (secondary N) is 3. The van der Waals surface area contributed by atoms with E-state index in [2.05, 4.69) is 31.1 Å². The van der Waals surface area contributed by atoms with E-state index in [0.29, 0.717) is 0 Å². The first kappa shape index (κ1) is 16.8. The molecule has 11 nitrogen and oxygen atoms in total. The van der Waals surface area contributed by atoms with Gasteiger partial charge in [-0.3, -0.25) is 30.7 Å². The van der Waals surface area contributed by atoms with E-state index >= 15 is 0 Å². The van der Waals surface area contributed by atoms with Crippen molar-refractivity contribution in [2.45, 2.75) is 6.54 Å². The molecule has 3 aromatic heterocycles. The Kier molecular flexibility index (Phi) is 4.98. The lowest BCUT2D eigenvalue weighted by atomic mass is 10.3. The van der Waals surface area contributed by atoms with Crippen molar-refractivity contribution < 1.29 is 14.1 Å². The molecule has 26 heavy (non-hydrogen) atoms. The average molecular weight is 355 g/mol. The molecule has 0 spiro atoms. The maximum Gasteiger partial charge on any atom is 0.354 e. The number of nitro groups is 1. The molecule has 3 heterocycles. The van der Waals surface area contributed by atoms with E-state index < -0.39 is 16.5 Å². The summed E-state index contributed by atoms with van der Waals surface area (Å²) in [6.07, 6.45) is 5.73. The number of nitrogens with zero attached hydrogens (tertiary/aromatic N) is 4. The van der Waals surface area contributed by atoms with Gasteiger partial charge in [0.25, 0.3) is 0 Å². The van der Waals surface area contributed by atoms with Gasteiger partial charge in [-0.25, -0.2) is 9.97 Å². The highest BCUT2D eigenvalue weighted by atomic mass is 16.6. The molecule has 0 bridgehead atoms. The molecule has 0 atom stereocenters. The van der Waals surface area contributed by atoms with Crippen molar-refractivity contribution in [1.82, 2.24) is 20.4 Å². The predicted octanol–water partition coefficient (Wildman–Crippen LogP) is 1.74. The number of hydrazine groups is 1. The van der Waals surface area contributed by atoms with E-state index in [1.165, 1.54) is 12.3 Å².